The highest BCUT2D eigenvalue weighted by molar-refractivity contribution is 7.15. The smallest absolute Gasteiger partial charge is 0.185 e. The second-order valence-electron chi connectivity index (χ2n) is 6.15. The highest BCUT2D eigenvalue weighted by Crippen LogP contribution is 2.38. The van der Waals surface area contributed by atoms with Gasteiger partial charge in [-0.15, -0.1) is 0 Å². The van der Waals surface area contributed by atoms with Gasteiger partial charge in [0.25, 0.3) is 0 Å². The van der Waals surface area contributed by atoms with E-state index in [0.29, 0.717) is 12.1 Å². The van der Waals surface area contributed by atoms with Gasteiger partial charge in [0.1, 0.15) is 0 Å². The average Bonchev–Trinajstić information content (AvgIpc) is 3.14. The molecule has 0 radical (unpaired) electrons. The summed E-state index contributed by atoms with van der Waals surface area (Å²) in [6.07, 6.45) is 4.97. The summed E-state index contributed by atoms with van der Waals surface area (Å²) in [5.74, 6) is 0. The van der Waals surface area contributed by atoms with Crippen LogP contribution < -0.4 is 10.2 Å². The van der Waals surface area contributed by atoms with Gasteiger partial charge in [0.05, 0.1) is 5.69 Å². The highest BCUT2D eigenvalue weighted by atomic mass is 32.1. The van der Waals surface area contributed by atoms with Crippen molar-refractivity contribution in [3.05, 3.63) is 10.6 Å². The van der Waals surface area contributed by atoms with Gasteiger partial charge in [0, 0.05) is 30.1 Å². The van der Waals surface area contributed by atoms with Gasteiger partial charge < -0.3 is 10.2 Å². The molecule has 1 fully saturated rings. The molecule has 2 unspecified atom stereocenters. The topological polar surface area (TPSA) is 31.4 Å². The molecule has 1 aliphatic carbocycles. The summed E-state index contributed by atoms with van der Waals surface area (Å²) in [6.45, 7) is 9.17. The molecule has 0 bridgehead atoms. The third kappa shape index (κ3) is 2.96. The highest BCUT2D eigenvalue weighted by Gasteiger charge is 2.30. The van der Waals surface area contributed by atoms with Gasteiger partial charge in [0.2, 0.25) is 0 Å². The van der Waals surface area contributed by atoms with E-state index in [1.165, 1.54) is 35.0 Å². The summed E-state index contributed by atoms with van der Waals surface area (Å²) in [5.41, 5.74) is 1.35. The summed E-state index contributed by atoms with van der Waals surface area (Å²) in [5, 5.41) is 4.71. The monoisotopic (exact) mass is 308 g/mol. The Kier molecular flexibility index (Phi) is 4.82. The molecule has 0 spiro atoms. The molecular formula is C16H28N4S. The summed E-state index contributed by atoms with van der Waals surface area (Å²) < 4.78 is 0. The van der Waals surface area contributed by atoms with E-state index in [9.17, 15) is 0 Å². The van der Waals surface area contributed by atoms with Crippen LogP contribution in [-0.2, 0) is 6.42 Å². The maximum absolute atomic E-state index is 4.96. The first-order valence-corrected chi connectivity index (χ1v) is 9.24. The zero-order chi connectivity index (χ0) is 14.8. The van der Waals surface area contributed by atoms with E-state index >= 15 is 0 Å². The standard InChI is InChI=1S/C16H28N4S/c1-4-19(5-2)12-9-10-20(11-12)16-18-14-8-6-7-13(17-3)15(14)21-16/h12-13,17H,4-11H2,1-3H3. The molecule has 2 aliphatic rings. The zero-order valence-corrected chi connectivity index (χ0v) is 14.4. The van der Waals surface area contributed by atoms with Crippen LogP contribution in [0.4, 0.5) is 5.13 Å². The number of anilines is 1. The van der Waals surface area contributed by atoms with Gasteiger partial charge in [-0.1, -0.05) is 25.2 Å². The molecule has 118 valence electrons. The third-order valence-corrected chi connectivity index (χ3v) is 6.32. The number of fused-ring (bicyclic) bond motifs is 1. The number of aryl methyl sites for hydroxylation is 1. The van der Waals surface area contributed by atoms with Crippen LogP contribution in [0.5, 0.6) is 0 Å². The molecule has 5 heteroatoms. The van der Waals surface area contributed by atoms with Crippen molar-refractivity contribution in [2.75, 3.05) is 38.1 Å². The largest absolute Gasteiger partial charge is 0.346 e. The molecule has 1 N–H and O–H groups in total. The third-order valence-electron chi connectivity index (χ3n) is 5.05. The van der Waals surface area contributed by atoms with Gasteiger partial charge in [-0.3, -0.25) is 4.90 Å². The summed E-state index contributed by atoms with van der Waals surface area (Å²) in [6, 6.07) is 1.24. The molecule has 4 nitrogen and oxygen atoms in total. The van der Waals surface area contributed by atoms with Gasteiger partial charge in [0.15, 0.2) is 5.13 Å². The molecular weight excluding hydrogens is 280 g/mol. The second-order valence-corrected chi connectivity index (χ2v) is 7.16. The number of rotatable bonds is 5. The van der Waals surface area contributed by atoms with Gasteiger partial charge in [-0.05, 0) is 45.8 Å². The Hall–Kier alpha value is -0.650. The second kappa shape index (κ2) is 6.63. The van der Waals surface area contributed by atoms with Crippen LogP contribution in [0, 0.1) is 0 Å². The molecule has 3 rings (SSSR count). The van der Waals surface area contributed by atoms with Crippen molar-refractivity contribution in [3.63, 3.8) is 0 Å². The molecule has 2 atom stereocenters. The van der Waals surface area contributed by atoms with E-state index in [0.717, 1.165) is 32.6 Å². The quantitative estimate of drug-likeness (QED) is 0.906. The minimum Gasteiger partial charge on any atom is -0.346 e. The van der Waals surface area contributed by atoms with Crippen LogP contribution in [-0.4, -0.2) is 49.2 Å². The number of nitrogens with one attached hydrogen (secondary N) is 1. The lowest BCUT2D eigenvalue weighted by Gasteiger charge is -2.25. The number of thiazole rings is 1. The molecule has 21 heavy (non-hydrogen) atoms. The fourth-order valence-electron chi connectivity index (χ4n) is 3.77. The van der Waals surface area contributed by atoms with Crippen LogP contribution in [0.25, 0.3) is 0 Å². The Balaban J connectivity index is 1.72. The van der Waals surface area contributed by atoms with Crippen molar-refractivity contribution in [2.24, 2.45) is 0 Å². The Morgan fingerprint density at radius 1 is 1.33 bits per heavy atom. The average molecular weight is 308 g/mol. The Morgan fingerprint density at radius 2 is 2.14 bits per heavy atom. The van der Waals surface area contributed by atoms with E-state index in [4.69, 9.17) is 4.98 Å². The predicted molar refractivity (Wildman–Crippen MR) is 90.4 cm³/mol. The molecule has 0 amide bonds. The summed E-state index contributed by atoms with van der Waals surface area (Å²) in [4.78, 5) is 11.6. The lowest BCUT2D eigenvalue weighted by Crippen LogP contribution is -2.37. The Bertz CT molecular complexity index is 469. The van der Waals surface area contributed by atoms with Crippen LogP contribution in [0.1, 0.15) is 49.7 Å². The Morgan fingerprint density at radius 3 is 2.86 bits per heavy atom. The first kappa shape index (κ1) is 15.3. The van der Waals surface area contributed by atoms with Crippen molar-refractivity contribution in [3.8, 4) is 0 Å². The van der Waals surface area contributed by atoms with Crippen molar-refractivity contribution in [2.45, 2.75) is 51.6 Å². The SMILES string of the molecule is CCN(CC)C1CCN(c2nc3c(s2)C(NC)CCC3)C1. The fourth-order valence-corrected chi connectivity index (χ4v) is 5.06. The van der Waals surface area contributed by atoms with Crippen molar-refractivity contribution >= 4 is 16.5 Å². The van der Waals surface area contributed by atoms with E-state index < -0.39 is 0 Å². The first-order valence-electron chi connectivity index (χ1n) is 8.42. The van der Waals surface area contributed by atoms with E-state index in [2.05, 4.69) is 36.0 Å². The lowest BCUT2D eigenvalue weighted by atomic mass is 9.98. The molecule has 1 saturated heterocycles. The summed E-state index contributed by atoms with van der Waals surface area (Å²) in [7, 11) is 2.07. The maximum Gasteiger partial charge on any atom is 0.185 e. The molecule has 2 heterocycles. The number of nitrogens with zero attached hydrogens (tertiary/aromatic N) is 3. The van der Waals surface area contributed by atoms with Gasteiger partial charge in [-0.2, -0.15) is 0 Å². The number of likely N-dealkylation sites (N-methyl/N-ethyl adjacent to an activating group) is 1. The normalized spacial score (nSPS) is 25.6. The number of hydrogen-bond donors (Lipinski definition) is 1. The van der Waals surface area contributed by atoms with Gasteiger partial charge >= 0.3 is 0 Å². The minimum absolute atomic E-state index is 0.529. The number of aromatic nitrogens is 1. The summed E-state index contributed by atoms with van der Waals surface area (Å²) >= 11 is 1.93. The van der Waals surface area contributed by atoms with Crippen LogP contribution in [0.3, 0.4) is 0 Å². The van der Waals surface area contributed by atoms with E-state index in [-0.39, 0.29) is 0 Å². The van der Waals surface area contributed by atoms with Crippen LogP contribution >= 0.6 is 11.3 Å². The van der Waals surface area contributed by atoms with Crippen molar-refractivity contribution < 1.29 is 0 Å². The number of hydrogen-bond acceptors (Lipinski definition) is 5. The molecule has 1 aromatic rings. The lowest BCUT2D eigenvalue weighted by molar-refractivity contribution is 0.232. The van der Waals surface area contributed by atoms with Crippen molar-refractivity contribution in [1.82, 2.24) is 15.2 Å². The zero-order valence-electron chi connectivity index (χ0n) is 13.6. The van der Waals surface area contributed by atoms with Crippen molar-refractivity contribution in [1.29, 1.82) is 0 Å². The fraction of sp³-hybridized carbons (Fsp3) is 0.812. The van der Waals surface area contributed by atoms with Crippen LogP contribution in [0.2, 0.25) is 0 Å². The molecule has 1 aliphatic heterocycles. The molecule has 0 saturated carbocycles. The molecule has 0 aromatic carbocycles. The van der Waals surface area contributed by atoms with Crippen LogP contribution in [0.15, 0.2) is 0 Å². The maximum atomic E-state index is 4.96. The minimum atomic E-state index is 0.529. The first-order chi connectivity index (χ1) is 10.3. The van der Waals surface area contributed by atoms with E-state index in [1.54, 1.807) is 0 Å². The molecule has 1 aromatic heterocycles. The Labute approximate surface area is 132 Å². The van der Waals surface area contributed by atoms with E-state index in [1.807, 2.05) is 11.3 Å². The van der Waals surface area contributed by atoms with Gasteiger partial charge in [-0.25, -0.2) is 4.98 Å². The predicted octanol–water partition coefficient (Wildman–Crippen LogP) is 2.66.